The van der Waals surface area contributed by atoms with Crippen molar-refractivity contribution in [3.05, 3.63) is 135 Å². The third-order valence-corrected chi connectivity index (χ3v) is 11.4. The summed E-state index contributed by atoms with van der Waals surface area (Å²) in [6, 6.07) is 25.7. The van der Waals surface area contributed by atoms with Gasteiger partial charge in [-0.15, -0.1) is 0 Å². The molecule has 0 saturated carbocycles. The molecular formula is C45H45F2N5O5. The van der Waals surface area contributed by atoms with E-state index in [1.165, 1.54) is 24.3 Å². The molecule has 7 rings (SSSR count). The van der Waals surface area contributed by atoms with Crippen molar-refractivity contribution in [2.24, 2.45) is 7.05 Å². The molecule has 3 heterocycles. The van der Waals surface area contributed by atoms with Crippen LogP contribution in [0.25, 0.3) is 11.3 Å². The fraction of sp³-hybridized carbons (Fsp3) is 0.311. The van der Waals surface area contributed by atoms with E-state index in [1.54, 1.807) is 53.6 Å². The predicted molar refractivity (Wildman–Crippen MR) is 213 cm³/mol. The Kier molecular flexibility index (Phi) is 11.4. The Labute approximate surface area is 331 Å². The number of phenolic OH excluding ortho intramolecular Hbond substituents is 1. The summed E-state index contributed by atoms with van der Waals surface area (Å²) in [5, 5.41) is 20.2. The molecule has 5 aromatic rings. The smallest absolute Gasteiger partial charge is 0.265 e. The number of carbonyl (C=O) groups is 2. The second-order valence-electron chi connectivity index (χ2n) is 14.6. The van der Waals surface area contributed by atoms with Gasteiger partial charge < -0.3 is 28.9 Å². The molecule has 294 valence electrons. The van der Waals surface area contributed by atoms with Gasteiger partial charge in [0, 0.05) is 67.5 Å². The van der Waals surface area contributed by atoms with Gasteiger partial charge >= 0.3 is 0 Å². The first-order valence-corrected chi connectivity index (χ1v) is 18.9. The summed E-state index contributed by atoms with van der Waals surface area (Å²) in [5.74, 6) is -0.0581. The van der Waals surface area contributed by atoms with E-state index in [9.17, 15) is 23.9 Å². The second kappa shape index (κ2) is 16.6. The SMILES string of the molecule is COc1cccc(CN(C(=O)c2cc(-c3cc(C(F)F)c(C#N)cc3C(=O)N3Cc4ccccc4C[C@H]3CN3CCOCC3)n(C)c2C)c2ccc(O)cc2)c1C. The largest absolute Gasteiger partial charge is 0.508 e. The summed E-state index contributed by atoms with van der Waals surface area (Å²) in [6.45, 7) is 7.39. The molecule has 0 radical (unpaired) electrons. The zero-order chi connectivity index (χ0) is 40.4. The van der Waals surface area contributed by atoms with Crippen LogP contribution in [0.15, 0.2) is 84.9 Å². The van der Waals surface area contributed by atoms with E-state index >= 15 is 4.79 Å². The molecular weight excluding hydrogens is 729 g/mol. The highest BCUT2D eigenvalue weighted by Crippen LogP contribution is 2.37. The number of benzene rings is 4. The van der Waals surface area contributed by atoms with Crippen LogP contribution in [0.1, 0.15) is 66.2 Å². The number of aromatic nitrogens is 1. The summed E-state index contributed by atoms with van der Waals surface area (Å²) >= 11 is 0. The van der Waals surface area contributed by atoms with Crippen LogP contribution in [0.5, 0.6) is 11.5 Å². The number of anilines is 1. The number of morpholine rings is 1. The Bertz CT molecular complexity index is 2350. The number of methoxy groups -OCH3 is 1. The van der Waals surface area contributed by atoms with Crippen molar-refractivity contribution < 1.29 is 33.0 Å². The summed E-state index contributed by atoms with van der Waals surface area (Å²) < 4.78 is 42.2. The molecule has 1 fully saturated rings. The monoisotopic (exact) mass is 773 g/mol. The van der Waals surface area contributed by atoms with Crippen molar-refractivity contribution in [1.82, 2.24) is 14.4 Å². The zero-order valence-electron chi connectivity index (χ0n) is 32.5. The molecule has 2 aliphatic heterocycles. The number of amides is 2. The number of hydrogen-bond acceptors (Lipinski definition) is 7. The topological polar surface area (TPSA) is 111 Å². The zero-order valence-corrected chi connectivity index (χ0v) is 32.5. The standard InChI is InChI=1S/C45H45F2N5O5/c1-28-31(10-7-11-42(28)56-4)25-51(34-12-14-36(53)15-13-34)44(54)37-23-41(49(3)29(37)2)39-22-38(43(46)47)33(24-48)21-40(39)45(55)52-26-32-9-6-5-8-30(32)20-35(52)27-50-16-18-57-19-17-50/h5-15,21-23,35,43,53H,16-20,25-27H2,1-4H3/t35-/m0/s1. The van der Waals surface area contributed by atoms with E-state index in [4.69, 9.17) is 9.47 Å². The van der Waals surface area contributed by atoms with Gasteiger partial charge in [0.25, 0.3) is 18.2 Å². The Morgan fingerprint density at radius 3 is 2.39 bits per heavy atom. The fourth-order valence-electron chi connectivity index (χ4n) is 7.96. The highest BCUT2D eigenvalue weighted by Gasteiger charge is 2.35. The number of carbonyl (C=O) groups excluding carboxylic acids is 2. The number of nitrogens with zero attached hydrogens (tertiary/aromatic N) is 5. The normalized spacial score (nSPS) is 15.6. The van der Waals surface area contributed by atoms with E-state index < -0.39 is 12.0 Å². The average molecular weight is 774 g/mol. The van der Waals surface area contributed by atoms with Crippen LogP contribution in [-0.4, -0.2) is 77.3 Å². The maximum absolute atomic E-state index is 15.0. The molecule has 2 amide bonds. The molecule has 1 aromatic heterocycles. The third kappa shape index (κ3) is 7.86. The minimum absolute atomic E-state index is 0.0408. The molecule has 0 spiro atoms. The van der Waals surface area contributed by atoms with Crippen LogP contribution in [0.2, 0.25) is 0 Å². The quantitative estimate of drug-likeness (QED) is 0.156. The number of rotatable bonds is 10. The summed E-state index contributed by atoms with van der Waals surface area (Å²) in [7, 11) is 3.31. The van der Waals surface area contributed by atoms with E-state index in [2.05, 4.69) is 11.0 Å². The van der Waals surface area contributed by atoms with Gasteiger partial charge in [-0.05, 0) is 91.1 Å². The van der Waals surface area contributed by atoms with Gasteiger partial charge in [0.1, 0.15) is 11.5 Å². The van der Waals surface area contributed by atoms with Crippen LogP contribution in [0.4, 0.5) is 14.5 Å². The first-order chi connectivity index (χ1) is 27.5. The maximum atomic E-state index is 15.0. The van der Waals surface area contributed by atoms with Crippen LogP contribution < -0.4 is 9.64 Å². The first-order valence-electron chi connectivity index (χ1n) is 18.9. The van der Waals surface area contributed by atoms with Crippen LogP contribution in [0, 0.1) is 25.2 Å². The number of halogens is 2. The van der Waals surface area contributed by atoms with Crippen molar-refractivity contribution in [2.75, 3.05) is 44.9 Å². The van der Waals surface area contributed by atoms with Gasteiger partial charge in [0.05, 0.1) is 49.6 Å². The summed E-state index contributed by atoms with van der Waals surface area (Å²) in [6.07, 6.45) is -2.38. The van der Waals surface area contributed by atoms with Gasteiger partial charge in [-0.2, -0.15) is 5.26 Å². The number of nitriles is 1. The van der Waals surface area contributed by atoms with Crippen LogP contribution in [-0.2, 0) is 31.3 Å². The highest BCUT2D eigenvalue weighted by atomic mass is 19.3. The number of ether oxygens (including phenoxy) is 2. The Morgan fingerprint density at radius 2 is 1.70 bits per heavy atom. The molecule has 57 heavy (non-hydrogen) atoms. The Hall–Kier alpha value is -6.03. The lowest BCUT2D eigenvalue weighted by Gasteiger charge is -2.40. The molecule has 4 aromatic carbocycles. The lowest BCUT2D eigenvalue weighted by molar-refractivity contribution is 0.0193. The first kappa shape index (κ1) is 39.2. The average Bonchev–Trinajstić information content (AvgIpc) is 3.52. The minimum Gasteiger partial charge on any atom is -0.508 e. The number of hydrogen-bond donors (Lipinski definition) is 1. The van der Waals surface area contributed by atoms with Gasteiger partial charge in [0.15, 0.2) is 0 Å². The van der Waals surface area contributed by atoms with E-state index in [0.717, 1.165) is 35.3 Å². The van der Waals surface area contributed by atoms with E-state index in [0.29, 0.717) is 61.1 Å². The molecule has 10 nitrogen and oxygen atoms in total. The second-order valence-corrected chi connectivity index (χ2v) is 14.6. The summed E-state index contributed by atoms with van der Waals surface area (Å²) in [5.41, 5.74) is 5.08. The van der Waals surface area contributed by atoms with Crippen molar-refractivity contribution in [1.29, 1.82) is 5.26 Å². The van der Waals surface area contributed by atoms with Crippen molar-refractivity contribution in [3.8, 4) is 28.8 Å². The third-order valence-electron chi connectivity index (χ3n) is 11.4. The summed E-state index contributed by atoms with van der Waals surface area (Å²) in [4.78, 5) is 35.5. The van der Waals surface area contributed by atoms with Gasteiger partial charge in [0.2, 0.25) is 0 Å². The maximum Gasteiger partial charge on any atom is 0.265 e. The molecule has 1 atom stereocenters. The Morgan fingerprint density at radius 1 is 0.982 bits per heavy atom. The molecule has 0 unspecified atom stereocenters. The van der Waals surface area contributed by atoms with Crippen LogP contribution >= 0.6 is 0 Å². The molecule has 0 aliphatic carbocycles. The molecule has 2 aliphatic rings. The molecule has 1 N–H and O–H groups in total. The molecule has 0 bridgehead atoms. The molecule has 1 saturated heterocycles. The lowest BCUT2D eigenvalue weighted by Crippen LogP contribution is -2.52. The number of phenols is 1. The van der Waals surface area contributed by atoms with E-state index in [-0.39, 0.29) is 46.8 Å². The minimum atomic E-state index is -2.99. The Balaban J connectivity index is 1.33. The van der Waals surface area contributed by atoms with Crippen molar-refractivity contribution in [3.63, 3.8) is 0 Å². The van der Waals surface area contributed by atoms with Crippen molar-refractivity contribution in [2.45, 2.75) is 45.8 Å². The fourth-order valence-corrected chi connectivity index (χ4v) is 7.96. The highest BCUT2D eigenvalue weighted by molar-refractivity contribution is 6.08. The lowest BCUT2D eigenvalue weighted by atomic mass is 9.91. The number of aromatic hydroxyl groups is 1. The van der Waals surface area contributed by atoms with Gasteiger partial charge in [-0.25, -0.2) is 8.78 Å². The molecule has 12 heteroatoms. The predicted octanol–water partition coefficient (Wildman–Crippen LogP) is 7.58. The van der Waals surface area contributed by atoms with Gasteiger partial charge in [-0.3, -0.25) is 14.5 Å². The number of fused-ring (bicyclic) bond motifs is 1. The van der Waals surface area contributed by atoms with Gasteiger partial charge in [-0.1, -0.05) is 36.4 Å². The van der Waals surface area contributed by atoms with Crippen molar-refractivity contribution >= 4 is 17.5 Å². The van der Waals surface area contributed by atoms with Crippen LogP contribution in [0.3, 0.4) is 0 Å². The number of alkyl halides is 2. The van der Waals surface area contributed by atoms with E-state index in [1.807, 2.05) is 49.4 Å².